The molecule has 0 bridgehead atoms. The third-order valence-corrected chi connectivity index (χ3v) is 1.71. The van der Waals surface area contributed by atoms with E-state index in [1.165, 1.54) is 6.08 Å². The zero-order valence-electron chi connectivity index (χ0n) is 9.90. The van der Waals surface area contributed by atoms with Gasteiger partial charge in [-0.2, -0.15) is 0 Å². The van der Waals surface area contributed by atoms with Crippen molar-refractivity contribution in [2.75, 3.05) is 13.2 Å². The number of carbonyl (C=O) groups is 2. The minimum absolute atomic E-state index is 0.142. The molecule has 1 N–H and O–H groups in total. The summed E-state index contributed by atoms with van der Waals surface area (Å²) in [5, 5.41) is 2.36. The fraction of sp³-hybridized carbons (Fsp3) is 0.500. The Balaban J connectivity index is 4.22. The van der Waals surface area contributed by atoms with Crippen LogP contribution < -0.4 is 5.32 Å². The lowest BCUT2D eigenvalue weighted by Gasteiger charge is -2.15. The Hall–Kier alpha value is -1.96. The highest BCUT2D eigenvalue weighted by atomic mass is 16.6. The van der Waals surface area contributed by atoms with Gasteiger partial charge in [0.2, 0.25) is 0 Å². The van der Waals surface area contributed by atoms with Crippen LogP contribution >= 0.6 is 0 Å². The Morgan fingerprint density at radius 2 is 2.24 bits per heavy atom. The molecule has 0 saturated carbocycles. The summed E-state index contributed by atoms with van der Waals surface area (Å²) in [5.74, 6) is 1.64. The van der Waals surface area contributed by atoms with E-state index >= 15 is 0 Å². The molecule has 0 fully saturated rings. The average molecular weight is 239 g/mol. The maximum atomic E-state index is 11.5. The average Bonchev–Trinajstić information content (AvgIpc) is 2.32. The number of nitrogens with one attached hydrogen (secondary N) is 1. The molecule has 0 aromatic rings. The summed E-state index contributed by atoms with van der Waals surface area (Å²) < 4.78 is 9.51. The van der Waals surface area contributed by atoms with Crippen LogP contribution in [0.15, 0.2) is 12.7 Å². The molecular formula is C12H17NO4. The predicted molar refractivity (Wildman–Crippen MR) is 63.2 cm³/mol. The third kappa shape index (κ3) is 7.01. The van der Waals surface area contributed by atoms with Gasteiger partial charge in [0.25, 0.3) is 0 Å². The van der Waals surface area contributed by atoms with Crippen molar-refractivity contribution in [2.45, 2.75) is 25.8 Å². The molecule has 0 aromatic carbocycles. The zero-order valence-corrected chi connectivity index (χ0v) is 9.90. The molecule has 5 heteroatoms. The van der Waals surface area contributed by atoms with Gasteiger partial charge in [-0.1, -0.05) is 18.9 Å². The molecule has 0 saturated heterocycles. The third-order valence-electron chi connectivity index (χ3n) is 1.71. The van der Waals surface area contributed by atoms with Gasteiger partial charge in [-0.3, -0.25) is 0 Å². The van der Waals surface area contributed by atoms with Gasteiger partial charge in [0.1, 0.15) is 6.04 Å². The monoisotopic (exact) mass is 239 g/mol. The van der Waals surface area contributed by atoms with E-state index in [0.717, 1.165) is 0 Å². The molecule has 5 nitrogen and oxygen atoms in total. The lowest BCUT2D eigenvalue weighted by atomic mass is 10.2. The van der Waals surface area contributed by atoms with E-state index in [-0.39, 0.29) is 13.0 Å². The Morgan fingerprint density at radius 1 is 1.53 bits per heavy atom. The predicted octanol–water partition coefficient (Wildman–Crippen LogP) is 1.24. The van der Waals surface area contributed by atoms with Gasteiger partial charge in [-0.15, -0.1) is 13.0 Å². The second kappa shape index (κ2) is 9.28. The van der Waals surface area contributed by atoms with Crippen molar-refractivity contribution >= 4 is 12.1 Å². The largest absolute Gasteiger partial charge is 0.464 e. The first kappa shape index (κ1) is 15.0. The Bertz CT molecular complexity index is 306. The number of esters is 1. The lowest BCUT2D eigenvalue weighted by molar-refractivity contribution is -0.146. The van der Waals surface area contributed by atoms with E-state index in [1.807, 2.05) is 6.92 Å². The summed E-state index contributed by atoms with van der Waals surface area (Å²) in [6.45, 7) is 5.55. The second-order valence-corrected chi connectivity index (χ2v) is 3.17. The summed E-state index contributed by atoms with van der Waals surface area (Å²) in [6.07, 6.45) is 6.68. The van der Waals surface area contributed by atoms with Gasteiger partial charge < -0.3 is 14.8 Å². The van der Waals surface area contributed by atoms with E-state index in [0.29, 0.717) is 13.0 Å². The standard InChI is InChI=1S/C12H17NO4/c1-4-7-10(11(14)16-8-5-2)13-12(15)17-9-6-3/h3-4,10H,1,5,7-9H2,2H3,(H,13,15). The molecule has 94 valence electrons. The van der Waals surface area contributed by atoms with Crippen LogP contribution in [0.4, 0.5) is 4.79 Å². The van der Waals surface area contributed by atoms with Crippen LogP contribution in [0.3, 0.4) is 0 Å². The molecule has 1 amide bonds. The van der Waals surface area contributed by atoms with Crippen LogP contribution in [0.2, 0.25) is 0 Å². The highest BCUT2D eigenvalue weighted by molar-refractivity contribution is 5.81. The van der Waals surface area contributed by atoms with Crippen LogP contribution in [-0.2, 0) is 14.3 Å². The highest BCUT2D eigenvalue weighted by Crippen LogP contribution is 1.98. The fourth-order valence-electron chi connectivity index (χ4n) is 0.975. The van der Waals surface area contributed by atoms with E-state index in [1.54, 1.807) is 0 Å². The maximum absolute atomic E-state index is 11.5. The van der Waals surface area contributed by atoms with Gasteiger partial charge in [0.05, 0.1) is 6.61 Å². The molecule has 0 aliphatic rings. The summed E-state index contributed by atoms with van der Waals surface area (Å²) in [6, 6.07) is -0.788. The van der Waals surface area contributed by atoms with Crippen LogP contribution in [-0.4, -0.2) is 31.3 Å². The van der Waals surface area contributed by atoms with E-state index < -0.39 is 18.1 Å². The summed E-state index contributed by atoms with van der Waals surface area (Å²) in [5.41, 5.74) is 0. The Labute approximate surface area is 101 Å². The van der Waals surface area contributed by atoms with Crippen molar-refractivity contribution in [3.05, 3.63) is 12.7 Å². The quantitative estimate of drug-likeness (QED) is 0.412. The highest BCUT2D eigenvalue weighted by Gasteiger charge is 2.21. The fourth-order valence-corrected chi connectivity index (χ4v) is 0.975. The number of alkyl carbamates (subject to hydrolysis) is 1. The number of rotatable bonds is 7. The van der Waals surface area contributed by atoms with E-state index in [9.17, 15) is 9.59 Å². The van der Waals surface area contributed by atoms with Gasteiger partial charge in [-0.05, 0) is 12.8 Å². The van der Waals surface area contributed by atoms with Gasteiger partial charge in [-0.25, -0.2) is 9.59 Å². The summed E-state index contributed by atoms with van der Waals surface area (Å²) in [4.78, 5) is 22.7. The summed E-state index contributed by atoms with van der Waals surface area (Å²) in [7, 11) is 0. The van der Waals surface area contributed by atoms with E-state index in [4.69, 9.17) is 11.2 Å². The first-order valence-electron chi connectivity index (χ1n) is 5.30. The van der Waals surface area contributed by atoms with E-state index in [2.05, 4.69) is 22.6 Å². The Morgan fingerprint density at radius 3 is 2.76 bits per heavy atom. The lowest BCUT2D eigenvalue weighted by Crippen LogP contribution is -2.41. The second-order valence-electron chi connectivity index (χ2n) is 3.17. The molecule has 17 heavy (non-hydrogen) atoms. The smallest absolute Gasteiger partial charge is 0.408 e. The maximum Gasteiger partial charge on any atom is 0.408 e. The zero-order chi connectivity index (χ0) is 13.1. The van der Waals surface area contributed by atoms with Crippen molar-refractivity contribution in [3.63, 3.8) is 0 Å². The number of terminal acetylenes is 1. The molecule has 0 heterocycles. The molecule has 0 aliphatic heterocycles. The first-order chi connectivity index (χ1) is 8.15. The summed E-state index contributed by atoms with van der Waals surface area (Å²) >= 11 is 0. The molecule has 0 aromatic heterocycles. The minimum atomic E-state index is -0.788. The van der Waals surface area contributed by atoms with Crippen LogP contribution in [0.5, 0.6) is 0 Å². The number of carbonyl (C=O) groups excluding carboxylic acids is 2. The number of ether oxygens (including phenoxy) is 2. The minimum Gasteiger partial charge on any atom is -0.464 e. The molecule has 1 unspecified atom stereocenters. The van der Waals surface area contributed by atoms with Crippen molar-refractivity contribution in [3.8, 4) is 12.3 Å². The Kier molecular flexibility index (Phi) is 8.21. The molecule has 1 atom stereocenters. The molecule has 0 radical (unpaired) electrons. The van der Waals surface area contributed by atoms with Crippen molar-refractivity contribution in [1.29, 1.82) is 0 Å². The van der Waals surface area contributed by atoms with Crippen molar-refractivity contribution in [1.82, 2.24) is 5.32 Å². The number of amides is 1. The van der Waals surface area contributed by atoms with Gasteiger partial charge >= 0.3 is 12.1 Å². The SMILES string of the molecule is C#CCOC(=O)NC(CC=C)C(=O)OCCC. The molecule has 0 rings (SSSR count). The molecule has 0 spiro atoms. The number of hydrogen-bond donors (Lipinski definition) is 1. The van der Waals surface area contributed by atoms with Crippen molar-refractivity contribution in [2.24, 2.45) is 0 Å². The van der Waals surface area contributed by atoms with Gasteiger partial charge in [0.15, 0.2) is 6.61 Å². The van der Waals surface area contributed by atoms with Crippen LogP contribution in [0.1, 0.15) is 19.8 Å². The van der Waals surface area contributed by atoms with Crippen molar-refractivity contribution < 1.29 is 19.1 Å². The van der Waals surface area contributed by atoms with Crippen LogP contribution in [0.25, 0.3) is 0 Å². The topological polar surface area (TPSA) is 64.6 Å². The van der Waals surface area contributed by atoms with Crippen LogP contribution in [0, 0.1) is 12.3 Å². The first-order valence-corrected chi connectivity index (χ1v) is 5.30. The molecular weight excluding hydrogens is 222 g/mol. The normalized spacial score (nSPS) is 10.8. The molecule has 0 aliphatic carbocycles. The van der Waals surface area contributed by atoms with Gasteiger partial charge in [0, 0.05) is 0 Å². The number of hydrogen-bond acceptors (Lipinski definition) is 4.